The molecule has 0 aromatic carbocycles. The molecule has 3 nitrogen and oxygen atoms in total. The molecule has 1 atom stereocenters. The van der Waals surface area contributed by atoms with Crippen LogP contribution in [-0.2, 0) is 9.53 Å². The molecule has 1 unspecified atom stereocenters. The molecule has 1 aliphatic carbocycles. The predicted molar refractivity (Wildman–Crippen MR) is 58.8 cm³/mol. The van der Waals surface area contributed by atoms with Gasteiger partial charge in [0, 0.05) is 7.11 Å². The van der Waals surface area contributed by atoms with E-state index in [0.29, 0.717) is 17.8 Å². The van der Waals surface area contributed by atoms with Crippen LogP contribution in [-0.4, -0.2) is 24.3 Å². The van der Waals surface area contributed by atoms with Gasteiger partial charge in [0.2, 0.25) is 0 Å². The number of carboxylic acids is 1. The van der Waals surface area contributed by atoms with Gasteiger partial charge in [-0.25, -0.2) is 4.79 Å². The number of methoxy groups -OCH3 is 1. The summed E-state index contributed by atoms with van der Waals surface area (Å²) < 4.78 is 4.97. The van der Waals surface area contributed by atoms with E-state index in [-0.39, 0.29) is 0 Å². The van der Waals surface area contributed by atoms with Gasteiger partial charge in [-0.2, -0.15) is 0 Å². The molecule has 0 radical (unpaired) electrons. The van der Waals surface area contributed by atoms with Crippen LogP contribution in [0.5, 0.6) is 0 Å². The summed E-state index contributed by atoms with van der Waals surface area (Å²) in [5, 5.41) is 8.88. The van der Waals surface area contributed by atoms with E-state index >= 15 is 0 Å². The van der Waals surface area contributed by atoms with Gasteiger partial charge in [-0.15, -0.1) is 0 Å². The SMILES string of the molecule is COC(CC1CCC(C)(C)CC1)C(=O)O. The van der Waals surface area contributed by atoms with E-state index in [4.69, 9.17) is 9.84 Å². The van der Waals surface area contributed by atoms with Crippen molar-refractivity contribution in [2.45, 2.75) is 52.1 Å². The summed E-state index contributed by atoms with van der Waals surface area (Å²) in [6.45, 7) is 4.57. The van der Waals surface area contributed by atoms with E-state index in [1.165, 1.54) is 20.0 Å². The molecule has 1 N–H and O–H groups in total. The fourth-order valence-corrected chi connectivity index (χ4v) is 2.30. The molecule has 88 valence electrons. The predicted octanol–water partition coefficient (Wildman–Crippen LogP) is 2.69. The molecule has 0 spiro atoms. The Morgan fingerprint density at radius 3 is 2.40 bits per heavy atom. The second-order valence-electron chi connectivity index (χ2n) is 5.41. The summed E-state index contributed by atoms with van der Waals surface area (Å²) in [7, 11) is 1.48. The van der Waals surface area contributed by atoms with E-state index in [1.807, 2.05) is 0 Å². The lowest BCUT2D eigenvalue weighted by Gasteiger charge is -2.35. The summed E-state index contributed by atoms with van der Waals surface area (Å²) in [6, 6.07) is 0. The molecule has 0 heterocycles. The van der Waals surface area contributed by atoms with Crippen molar-refractivity contribution in [1.82, 2.24) is 0 Å². The number of aliphatic carboxylic acids is 1. The van der Waals surface area contributed by atoms with Crippen LogP contribution in [0.2, 0.25) is 0 Å². The zero-order valence-electron chi connectivity index (χ0n) is 9.95. The maximum Gasteiger partial charge on any atom is 0.332 e. The fourth-order valence-electron chi connectivity index (χ4n) is 2.30. The molecule has 3 heteroatoms. The Morgan fingerprint density at radius 2 is 2.00 bits per heavy atom. The second kappa shape index (κ2) is 4.97. The van der Waals surface area contributed by atoms with Crippen LogP contribution in [0.1, 0.15) is 46.0 Å². The number of hydrogen-bond donors (Lipinski definition) is 1. The Bertz CT molecular complexity index is 213. The topological polar surface area (TPSA) is 46.5 Å². The minimum absolute atomic E-state index is 0.447. The first-order valence-electron chi connectivity index (χ1n) is 5.70. The molecule has 1 rings (SSSR count). The van der Waals surface area contributed by atoms with E-state index in [0.717, 1.165) is 12.8 Å². The largest absolute Gasteiger partial charge is 0.479 e. The fraction of sp³-hybridized carbons (Fsp3) is 0.917. The van der Waals surface area contributed by atoms with Crippen LogP contribution in [0.25, 0.3) is 0 Å². The molecule has 0 amide bonds. The zero-order chi connectivity index (χ0) is 11.5. The first-order valence-corrected chi connectivity index (χ1v) is 5.70. The van der Waals surface area contributed by atoms with E-state index in [9.17, 15) is 4.79 Å². The molecule has 0 aromatic heterocycles. The van der Waals surface area contributed by atoms with Gasteiger partial charge in [0.1, 0.15) is 0 Å². The maximum atomic E-state index is 10.8. The van der Waals surface area contributed by atoms with E-state index < -0.39 is 12.1 Å². The Balaban J connectivity index is 2.38. The first-order chi connectivity index (χ1) is 6.94. The van der Waals surface area contributed by atoms with Crippen molar-refractivity contribution in [3.05, 3.63) is 0 Å². The Kier molecular flexibility index (Phi) is 4.14. The lowest BCUT2D eigenvalue weighted by atomic mass is 9.72. The van der Waals surface area contributed by atoms with Gasteiger partial charge < -0.3 is 9.84 Å². The van der Waals surface area contributed by atoms with Gasteiger partial charge in [0.25, 0.3) is 0 Å². The van der Waals surface area contributed by atoms with Gasteiger partial charge in [0.05, 0.1) is 0 Å². The molecular formula is C12H22O3. The van der Waals surface area contributed by atoms with Crippen molar-refractivity contribution in [2.24, 2.45) is 11.3 Å². The third-order valence-electron chi connectivity index (χ3n) is 3.57. The van der Waals surface area contributed by atoms with Crippen molar-refractivity contribution in [2.75, 3.05) is 7.11 Å². The van der Waals surface area contributed by atoms with Crippen LogP contribution in [0.3, 0.4) is 0 Å². The van der Waals surface area contributed by atoms with Crippen molar-refractivity contribution in [3.63, 3.8) is 0 Å². The average Bonchev–Trinajstić information content (AvgIpc) is 2.15. The maximum absolute atomic E-state index is 10.8. The van der Waals surface area contributed by atoms with Gasteiger partial charge in [-0.3, -0.25) is 0 Å². The lowest BCUT2D eigenvalue weighted by Crippen LogP contribution is -2.29. The third kappa shape index (κ3) is 3.82. The highest BCUT2D eigenvalue weighted by molar-refractivity contribution is 5.72. The summed E-state index contributed by atoms with van der Waals surface area (Å²) in [6.07, 6.45) is 4.74. The highest BCUT2D eigenvalue weighted by Gasteiger charge is 2.29. The van der Waals surface area contributed by atoms with Crippen molar-refractivity contribution in [1.29, 1.82) is 0 Å². The minimum Gasteiger partial charge on any atom is -0.479 e. The molecule has 1 saturated carbocycles. The molecule has 15 heavy (non-hydrogen) atoms. The van der Waals surface area contributed by atoms with Crippen LogP contribution in [0, 0.1) is 11.3 Å². The highest BCUT2D eigenvalue weighted by Crippen LogP contribution is 2.39. The van der Waals surface area contributed by atoms with Gasteiger partial charge >= 0.3 is 5.97 Å². The minimum atomic E-state index is -0.831. The third-order valence-corrected chi connectivity index (χ3v) is 3.57. The smallest absolute Gasteiger partial charge is 0.332 e. The Morgan fingerprint density at radius 1 is 1.47 bits per heavy atom. The molecule has 0 bridgehead atoms. The van der Waals surface area contributed by atoms with Crippen molar-refractivity contribution in [3.8, 4) is 0 Å². The quantitative estimate of drug-likeness (QED) is 0.782. The van der Waals surface area contributed by atoms with Crippen LogP contribution < -0.4 is 0 Å². The monoisotopic (exact) mass is 214 g/mol. The molecule has 0 aliphatic heterocycles. The van der Waals surface area contributed by atoms with Crippen LogP contribution in [0.15, 0.2) is 0 Å². The second-order valence-corrected chi connectivity index (χ2v) is 5.41. The average molecular weight is 214 g/mol. The normalized spacial score (nSPS) is 23.7. The number of hydrogen-bond acceptors (Lipinski definition) is 2. The summed E-state index contributed by atoms with van der Waals surface area (Å²) >= 11 is 0. The summed E-state index contributed by atoms with van der Waals surface area (Å²) in [5.74, 6) is -0.304. The number of ether oxygens (including phenoxy) is 1. The number of rotatable bonds is 4. The Hall–Kier alpha value is -0.570. The zero-order valence-corrected chi connectivity index (χ0v) is 9.95. The Labute approximate surface area is 91.8 Å². The number of carboxylic acid groups (broad SMARTS) is 1. The summed E-state index contributed by atoms with van der Waals surface area (Å²) in [5.41, 5.74) is 0.447. The molecule has 0 aromatic rings. The van der Waals surface area contributed by atoms with Crippen LogP contribution >= 0.6 is 0 Å². The lowest BCUT2D eigenvalue weighted by molar-refractivity contribution is -0.149. The van der Waals surface area contributed by atoms with Gasteiger partial charge in [-0.05, 0) is 43.4 Å². The van der Waals surface area contributed by atoms with Crippen molar-refractivity contribution >= 4 is 5.97 Å². The van der Waals surface area contributed by atoms with Crippen molar-refractivity contribution < 1.29 is 14.6 Å². The van der Waals surface area contributed by atoms with Crippen LogP contribution in [0.4, 0.5) is 0 Å². The van der Waals surface area contributed by atoms with Gasteiger partial charge in [-0.1, -0.05) is 13.8 Å². The summed E-state index contributed by atoms with van der Waals surface area (Å²) in [4.78, 5) is 10.8. The highest BCUT2D eigenvalue weighted by atomic mass is 16.5. The van der Waals surface area contributed by atoms with E-state index in [1.54, 1.807) is 0 Å². The molecule has 0 saturated heterocycles. The van der Waals surface area contributed by atoms with Gasteiger partial charge in [0.15, 0.2) is 6.10 Å². The van der Waals surface area contributed by atoms with E-state index in [2.05, 4.69) is 13.8 Å². The molecule has 1 aliphatic rings. The first kappa shape index (κ1) is 12.5. The standard InChI is InChI=1S/C12H22O3/c1-12(2)6-4-9(5-7-12)8-10(15-3)11(13)14/h9-10H,4-8H2,1-3H3,(H,13,14). The number of carbonyl (C=O) groups is 1. The molecular weight excluding hydrogens is 192 g/mol. The molecule has 1 fully saturated rings.